The zero-order chi connectivity index (χ0) is 7.03. The summed E-state index contributed by atoms with van der Waals surface area (Å²) in [7, 11) is 2.22. The Balaban J connectivity index is 1.96. The molecule has 0 bridgehead atoms. The van der Waals surface area contributed by atoms with E-state index in [4.69, 9.17) is 0 Å². The molecule has 0 radical (unpaired) electrons. The van der Waals surface area contributed by atoms with Crippen LogP contribution in [0.3, 0.4) is 0 Å². The summed E-state index contributed by atoms with van der Waals surface area (Å²) in [6.45, 7) is 3.81. The first kappa shape index (κ1) is 6.62. The smallest absolute Gasteiger partial charge is 0.0321 e. The van der Waals surface area contributed by atoms with Gasteiger partial charge in [-0.15, -0.1) is 0 Å². The summed E-state index contributed by atoms with van der Waals surface area (Å²) in [6, 6.07) is 0. The Bertz CT molecular complexity index is 129. The third-order valence-electron chi connectivity index (χ3n) is 2.87. The molecule has 2 heteroatoms. The number of nitrogens with zero attached hydrogens (tertiary/aromatic N) is 1. The van der Waals surface area contributed by atoms with Crippen molar-refractivity contribution in [3.05, 3.63) is 0 Å². The molecule has 2 aliphatic heterocycles. The van der Waals surface area contributed by atoms with Crippen molar-refractivity contribution >= 4 is 0 Å². The first-order valence-corrected chi connectivity index (χ1v) is 4.24. The highest BCUT2D eigenvalue weighted by Gasteiger charge is 2.38. The molecule has 0 amide bonds. The molecule has 0 aliphatic carbocycles. The molecule has 1 atom stereocenters. The van der Waals surface area contributed by atoms with Crippen molar-refractivity contribution < 1.29 is 0 Å². The molecule has 10 heavy (non-hydrogen) atoms. The second kappa shape index (κ2) is 2.21. The van der Waals surface area contributed by atoms with E-state index in [-0.39, 0.29) is 0 Å². The van der Waals surface area contributed by atoms with Crippen LogP contribution >= 0.6 is 0 Å². The van der Waals surface area contributed by atoms with Gasteiger partial charge in [0.25, 0.3) is 0 Å². The molecule has 2 nitrogen and oxygen atoms in total. The number of rotatable bonds is 0. The second-order valence-electron chi connectivity index (χ2n) is 3.80. The average Bonchev–Trinajstić information content (AvgIpc) is 1.85. The Hall–Kier alpha value is -0.0800. The van der Waals surface area contributed by atoms with Gasteiger partial charge in [-0.05, 0) is 39.4 Å². The average molecular weight is 140 g/mol. The lowest BCUT2D eigenvalue weighted by molar-refractivity contribution is 0.0877. The Morgan fingerprint density at radius 3 is 2.60 bits per heavy atom. The van der Waals surface area contributed by atoms with E-state index >= 15 is 0 Å². The summed E-state index contributed by atoms with van der Waals surface area (Å²) in [6.07, 6.45) is 4.18. The van der Waals surface area contributed by atoms with Gasteiger partial charge in [0.2, 0.25) is 0 Å². The van der Waals surface area contributed by atoms with E-state index in [1.165, 1.54) is 38.9 Å². The maximum absolute atomic E-state index is 3.55. The standard InChI is InChI=1S/C8H16N2/c1-10-6-2-3-8(7-10)4-5-9-8/h9H,2-7H2,1H3/t8-/m0/s1. The van der Waals surface area contributed by atoms with Gasteiger partial charge in [0.1, 0.15) is 0 Å². The maximum atomic E-state index is 3.55. The number of likely N-dealkylation sites (tertiary alicyclic amines) is 1. The number of likely N-dealkylation sites (N-methyl/N-ethyl adjacent to an activating group) is 1. The van der Waals surface area contributed by atoms with Crippen LogP contribution in [-0.2, 0) is 0 Å². The topological polar surface area (TPSA) is 15.3 Å². The molecule has 2 heterocycles. The van der Waals surface area contributed by atoms with E-state index in [1.807, 2.05) is 0 Å². The molecule has 0 unspecified atom stereocenters. The molecular weight excluding hydrogens is 124 g/mol. The van der Waals surface area contributed by atoms with Gasteiger partial charge < -0.3 is 10.2 Å². The van der Waals surface area contributed by atoms with E-state index in [1.54, 1.807) is 0 Å². The number of nitrogens with one attached hydrogen (secondary N) is 1. The van der Waals surface area contributed by atoms with Crippen LogP contribution in [0.2, 0.25) is 0 Å². The third-order valence-corrected chi connectivity index (χ3v) is 2.87. The van der Waals surface area contributed by atoms with Crippen molar-refractivity contribution in [2.24, 2.45) is 0 Å². The second-order valence-corrected chi connectivity index (χ2v) is 3.80. The zero-order valence-electron chi connectivity index (χ0n) is 6.69. The highest BCUT2D eigenvalue weighted by molar-refractivity contribution is 5.00. The van der Waals surface area contributed by atoms with Crippen molar-refractivity contribution in [2.45, 2.75) is 24.8 Å². The summed E-state index contributed by atoms with van der Waals surface area (Å²) >= 11 is 0. The van der Waals surface area contributed by atoms with Gasteiger partial charge in [-0.1, -0.05) is 0 Å². The molecule has 2 saturated heterocycles. The van der Waals surface area contributed by atoms with Gasteiger partial charge in [0, 0.05) is 12.1 Å². The Morgan fingerprint density at radius 1 is 1.40 bits per heavy atom. The van der Waals surface area contributed by atoms with Crippen LogP contribution in [0, 0.1) is 0 Å². The first-order valence-electron chi connectivity index (χ1n) is 4.24. The van der Waals surface area contributed by atoms with E-state index < -0.39 is 0 Å². The quantitative estimate of drug-likeness (QED) is 0.525. The highest BCUT2D eigenvalue weighted by Crippen LogP contribution is 2.28. The molecule has 1 spiro atoms. The fourth-order valence-electron chi connectivity index (χ4n) is 2.19. The monoisotopic (exact) mass is 140 g/mol. The Labute approximate surface area is 62.6 Å². The Morgan fingerprint density at radius 2 is 2.20 bits per heavy atom. The lowest BCUT2D eigenvalue weighted by atomic mass is 9.80. The predicted molar refractivity (Wildman–Crippen MR) is 42.1 cm³/mol. The van der Waals surface area contributed by atoms with Crippen LogP contribution in [-0.4, -0.2) is 37.1 Å². The summed E-state index contributed by atoms with van der Waals surface area (Å²) in [5, 5.41) is 3.55. The molecular formula is C8H16N2. The molecule has 0 saturated carbocycles. The fourth-order valence-corrected chi connectivity index (χ4v) is 2.19. The van der Waals surface area contributed by atoms with Crippen molar-refractivity contribution in [2.75, 3.05) is 26.7 Å². The molecule has 0 aromatic heterocycles. The minimum absolute atomic E-state index is 0.549. The van der Waals surface area contributed by atoms with Crippen LogP contribution in [0.1, 0.15) is 19.3 Å². The van der Waals surface area contributed by atoms with E-state index in [2.05, 4.69) is 17.3 Å². The van der Waals surface area contributed by atoms with Crippen molar-refractivity contribution in [1.29, 1.82) is 0 Å². The maximum Gasteiger partial charge on any atom is 0.0321 e. The minimum Gasteiger partial charge on any atom is -0.310 e. The summed E-state index contributed by atoms with van der Waals surface area (Å²) in [4.78, 5) is 2.44. The van der Waals surface area contributed by atoms with Crippen LogP contribution in [0.25, 0.3) is 0 Å². The van der Waals surface area contributed by atoms with Crippen LogP contribution in [0.4, 0.5) is 0 Å². The Kier molecular flexibility index (Phi) is 1.46. The van der Waals surface area contributed by atoms with Crippen molar-refractivity contribution in [3.63, 3.8) is 0 Å². The van der Waals surface area contributed by atoms with Crippen molar-refractivity contribution in [3.8, 4) is 0 Å². The van der Waals surface area contributed by atoms with Crippen LogP contribution in [0.5, 0.6) is 0 Å². The SMILES string of the molecule is CN1CCC[C@]2(CCN2)C1. The molecule has 0 aromatic carbocycles. The molecule has 1 N–H and O–H groups in total. The molecule has 0 aromatic rings. The minimum atomic E-state index is 0.549. The van der Waals surface area contributed by atoms with Crippen LogP contribution < -0.4 is 5.32 Å². The normalized spacial score (nSPS) is 41.7. The van der Waals surface area contributed by atoms with Crippen LogP contribution in [0.15, 0.2) is 0 Å². The van der Waals surface area contributed by atoms with Gasteiger partial charge in [-0.25, -0.2) is 0 Å². The summed E-state index contributed by atoms with van der Waals surface area (Å²) in [5.41, 5.74) is 0.549. The number of hydrogen-bond donors (Lipinski definition) is 1. The number of piperidine rings is 1. The van der Waals surface area contributed by atoms with Crippen molar-refractivity contribution in [1.82, 2.24) is 10.2 Å². The summed E-state index contributed by atoms with van der Waals surface area (Å²) in [5.74, 6) is 0. The number of hydrogen-bond acceptors (Lipinski definition) is 2. The first-order chi connectivity index (χ1) is 4.81. The zero-order valence-corrected chi connectivity index (χ0v) is 6.69. The van der Waals surface area contributed by atoms with Gasteiger partial charge >= 0.3 is 0 Å². The van der Waals surface area contributed by atoms with Gasteiger partial charge in [-0.2, -0.15) is 0 Å². The highest BCUT2D eigenvalue weighted by atomic mass is 15.2. The third kappa shape index (κ3) is 0.956. The molecule has 2 fully saturated rings. The van der Waals surface area contributed by atoms with Gasteiger partial charge in [0.15, 0.2) is 0 Å². The van der Waals surface area contributed by atoms with E-state index in [0.29, 0.717) is 5.54 Å². The molecule has 2 aliphatic rings. The predicted octanol–water partition coefficient (Wildman–Crippen LogP) is 0.444. The van der Waals surface area contributed by atoms with E-state index in [0.717, 1.165) is 0 Å². The summed E-state index contributed by atoms with van der Waals surface area (Å²) < 4.78 is 0. The van der Waals surface area contributed by atoms with E-state index in [9.17, 15) is 0 Å². The lowest BCUT2D eigenvalue weighted by Gasteiger charge is -2.49. The lowest BCUT2D eigenvalue weighted by Crippen LogP contribution is -2.64. The fraction of sp³-hybridized carbons (Fsp3) is 1.00. The molecule has 58 valence electrons. The largest absolute Gasteiger partial charge is 0.310 e. The molecule has 2 rings (SSSR count). The van der Waals surface area contributed by atoms with Gasteiger partial charge in [-0.3, -0.25) is 0 Å². The van der Waals surface area contributed by atoms with Gasteiger partial charge in [0.05, 0.1) is 0 Å².